The molecular weight excluding hydrogens is 561 g/mol. The van der Waals surface area contributed by atoms with Gasteiger partial charge in [0.25, 0.3) is 0 Å². The fourth-order valence-electron chi connectivity index (χ4n) is 4.52. The number of anilines is 4. The molecule has 1 saturated heterocycles. The number of nitrogens with zero attached hydrogens (tertiary/aromatic N) is 8. The van der Waals surface area contributed by atoms with Crippen molar-refractivity contribution in [2.24, 2.45) is 0 Å². The molecule has 13 nitrogen and oxygen atoms in total. The first-order valence-electron chi connectivity index (χ1n) is 13.8. The van der Waals surface area contributed by atoms with E-state index in [4.69, 9.17) is 38.9 Å². The van der Waals surface area contributed by atoms with Crippen LogP contribution in [0.15, 0.2) is 0 Å². The second kappa shape index (κ2) is 15.1. The number of β-amino-alcohol motifs (C(OH)–C–C–N with tert-alkyl or cyclic N) is 1. The number of hydrogen-bond donors (Lipinski definition) is 1. The lowest BCUT2D eigenvalue weighted by Crippen LogP contribution is -2.69. The summed E-state index contributed by atoms with van der Waals surface area (Å²) in [6, 6.07) is 0. The van der Waals surface area contributed by atoms with E-state index in [0.29, 0.717) is 76.4 Å². The van der Waals surface area contributed by atoms with Crippen LogP contribution in [-0.4, -0.2) is 145 Å². The van der Waals surface area contributed by atoms with E-state index in [2.05, 4.69) is 0 Å². The molecule has 16 heteroatoms. The Labute approximate surface area is 244 Å². The SMILES string of the molecule is CCCN(C)c1nc(N(CCOC)CCOC)nc2c(N3CC(O)(C(F)(F)F)C3)nc(N(CCOC)CCOC)nc12. The van der Waals surface area contributed by atoms with E-state index < -0.39 is 24.9 Å². The molecule has 1 fully saturated rings. The molecule has 0 radical (unpaired) electrons. The maximum absolute atomic E-state index is 13.6. The lowest BCUT2D eigenvalue weighted by Gasteiger charge is -2.47. The standard InChI is InChI=1S/C26H43F3N8O5/c1-7-8-34(2)21-19-20(31-23(32-21)35(9-13-39-3)10-14-40-4)22(37-17-25(38,18-37)26(27,28)29)33-24(30-19)36(11-15-41-5)12-16-42-6/h38H,7-18H2,1-6H3. The fourth-order valence-corrected chi connectivity index (χ4v) is 4.52. The third-order valence-electron chi connectivity index (χ3n) is 6.96. The number of alkyl halides is 3. The van der Waals surface area contributed by atoms with Crippen LogP contribution in [0.2, 0.25) is 0 Å². The van der Waals surface area contributed by atoms with E-state index in [1.165, 1.54) is 4.90 Å². The second-order valence-electron chi connectivity index (χ2n) is 10.1. The summed E-state index contributed by atoms with van der Waals surface area (Å²) < 4.78 is 62.0. The Morgan fingerprint density at radius 2 is 1.21 bits per heavy atom. The average Bonchev–Trinajstić information content (AvgIpc) is 2.94. The number of ether oxygens (including phenoxy) is 4. The quantitative estimate of drug-likeness (QED) is 0.265. The van der Waals surface area contributed by atoms with Crippen molar-refractivity contribution >= 4 is 34.6 Å². The van der Waals surface area contributed by atoms with Gasteiger partial charge in [0.2, 0.25) is 11.9 Å². The molecule has 2 aromatic rings. The van der Waals surface area contributed by atoms with Gasteiger partial charge in [-0.3, -0.25) is 0 Å². The zero-order chi connectivity index (χ0) is 30.9. The Hall–Kier alpha value is -2.79. The molecule has 0 amide bonds. The summed E-state index contributed by atoms with van der Waals surface area (Å²) in [5, 5.41) is 10.3. The highest BCUT2D eigenvalue weighted by Crippen LogP contribution is 2.42. The summed E-state index contributed by atoms with van der Waals surface area (Å²) in [5.41, 5.74) is -2.18. The minimum Gasteiger partial charge on any atom is -0.383 e. The minimum atomic E-state index is -4.79. The predicted molar refractivity (Wildman–Crippen MR) is 154 cm³/mol. The number of fused-ring (bicyclic) bond motifs is 1. The van der Waals surface area contributed by atoms with Crippen LogP contribution in [0, 0.1) is 0 Å². The maximum atomic E-state index is 13.6. The Morgan fingerprint density at radius 3 is 1.64 bits per heavy atom. The van der Waals surface area contributed by atoms with Gasteiger partial charge in [0.1, 0.15) is 11.0 Å². The average molecular weight is 605 g/mol. The van der Waals surface area contributed by atoms with E-state index in [1.807, 2.05) is 28.7 Å². The molecule has 0 atom stereocenters. The molecule has 0 aromatic carbocycles. The highest BCUT2D eigenvalue weighted by molar-refractivity contribution is 5.95. The van der Waals surface area contributed by atoms with Crippen molar-refractivity contribution in [1.29, 1.82) is 0 Å². The molecule has 238 valence electrons. The van der Waals surface area contributed by atoms with Gasteiger partial charge >= 0.3 is 6.18 Å². The maximum Gasteiger partial charge on any atom is 0.420 e. The number of halogens is 3. The molecule has 0 bridgehead atoms. The van der Waals surface area contributed by atoms with E-state index in [-0.39, 0.29) is 17.3 Å². The third-order valence-corrected chi connectivity index (χ3v) is 6.96. The van der Waals surface area contributed by atoms with Crippen LogP contribution in [0.4, 0.5) is 36.7 Å². The van der Waals surface area contributed by atoms with Gasteiger partial charge in [0, 0.05) is 68.2 Å². The van der Waals surface area contributed by atoms with Crippen molar-refractivity contribution < 1.29 is 37.2 Å². The number of rotatable bonds is 18. The molecule has 0 unspecified atom stereocenters. The Balaban J connectivity index is 2.27. The van der Waals surface area contributed by atoms with Crippen molar-refractivity contribution in [1.82, 2.24) is 19.9 Å². The van der Waals surface area contributed by atoms with Gasteiger partial charge in [0.15, 0.2) is 17.2 Å². The van der Waals surface area contributed by atoms with Gasteiger partial charge < -0.3 is 43.7 Å². The zero-order valence-corrected chi connectivity index (χ0v) is 25.3. The molecule has 3 rings (SSSR count). The molecule has 0 spiro atoms. The fraction of sp³-hybridized carbons (Fsp3) is 0.769. The van der Waals surface area contributed by atoms with Crippen LogP contribution in [0.3, 0.4) is 0 Å². The Morgan fingerprint density at radius 1 is 0.762 bits per heavy atom. The first-order chi connectivity index (χ1) is 20.0. The normalized spacial score (nSPS) is 14.8. The Bertz CT molecular complexity index is 1120. The van der Waals surface area contributed by atoms with E-state index in [9.17, 15) is 18.3 Å². The third kappa shape index (κ3) is 7.78. The van der Waals surface area contributed by atoms with Crippen molar-refractivity contribution in [2.75, 3.05) is 127 Å². The van der Waals surface area contributed by atoms with Crippen molar-refractivity contribution in [2.45, 2.75) is 25.1 Å². The van der Waals surface area contributed by atoms with E-state index in [0.717, 1.165) is 6.42 Å². The molecule has 3 heterocycles. The first kappa shape index (κ1) is 33.7. The predicted octanol–water partition coefficient (Wildman–Crippen LogP) is 1.58. The minimum absolute atomic E-state index is 0.178. The second-order valence-corrected chi connectivity index (χ2v) is 10.1. The number of aliphatic hydroxyl groups is 1. The van der Waals surface area contributed by atoms with Gasteiger partial charge in [0.05, 0.1) is 39.5 Å². The highest BCUT2D eigenvalue weighted by Gasteiger charge is 2.61. The molecule has 42 heavy (non-hydrogen) atoms. The number of hydrogen-bond acceptors (Lipinski definition) is 13. The molecule has 0 saturated carbocycles. The van der Waals surface area contributed by atoms with Crippen LogP contribution in [0.25, 0.3) is 11.0 Å². The molecule has 1 aliphatic heterocycles. The summed E-state index contributed by atoms with van der Waals surface area (Å²) in [6.45, 7) is 4.56. The van der Waals surface area contributed by atoms with Crippen molar-refractivity contribution in [3.05, 3.63) is 0 Å². The smallest absolute Gasteiger partial charge is 0.383 e. The summed E-state index contributed by atoms with van der Waals surface area (Å²) in [4.78, 5) is 26.3. The summed E-state index contributed by atoms with van der Waals surface area (Å²) >= 11 is 0. The van der Waals surface area contributed by atoms with Gasteiger partial charge in [-0.1, -0.05) is 6.92 Å². The zero-order valence-electron chi connectivity index (χ0n) is 25.3. The first-order valence-corrected chi connectivity index (χ1v) is 13.8. The van der Waals surface area contributed by atoms with Gasteiger partial charge in [-0.15, -0.1) is 0 Å². The number of methoxy groups -OCH3 is 4. The van der Waals surface area contributed by atoms with Crippen molar-refractivity contribution in [3.8, 4) is 0 Å². The van der Waals surface area contributed by atoms with Crippen molar-refractivity contribution in [3.63, 3.8) is 0 Å². The van der Waals surface area contributed by atoms with E-state index >= 15 is 0 Å². The molecule has 0 aliphatic carbocycles. The highest BCUT2D eigenvalue weighted by atomic mass is 19.4. The van der Waals surface area contributed by atoms with Gasteiger partial charge in [-0.25, -0.2) is 9.97 Å². The van der Waals surface area contributed by atoms with Crippen LogP contribution in [0.5, 0.6) is 0 Å². The van der Waals surface area contributed by atoms with Gasteiger partial charge in [-0.2, -0.15) is 23.1 Å². The summed E-state index contributed by atoms with van der Waals surface area (Å²) in [7, 11) is 8.21. The van der Waals surface area contributed by atoms with Crippen LogP contribution < -0.4 is 19.6 Å². The molecule has 1 aliphatic rings. The van der Waals surface area contributed by atoms with Crippen LogP contribution >= 0.6 is 0 Å². The lowest BCUT2D eigenvalue weighted by molar-refractivity contribution is -0.267. The summed E-state index contributed by atoms with van der Waals surface area (Å²) in [5.74, 6) is 1.30. The Kier molecular flexibility index (Phi) is 12.1. The van der Waals surface area contributed by atoms with Gasteiger partial charge in [-0.05, 0) is 6.42 Å². The molecule has 2 aromatic heterocycles. The lowest BCUT2D eigenvalue weighted by atomic mass is 9.93. The van der Waals surface area contributed by atoms with Crippen LogP contribution in [0.1, 0.15) is 13.3 Å². The topological polar surface area (TPSA) is 122 Å². The largest absolute Gasteiger partial charge is 0.420 e. The monoisotopic (exact) mass is 604 g/mol. The summed E-state index contributed by atoms with van der Waals surface area (Å²) in [6.07, 6.45) is -3.97. The van der Waals surface area contributed by atoms with Crippen LogP contribution in [-0.2, 0) is 18.9 Å². The van der Waals surface area contributed by atoms with E-state index in [1.54, 1.807) is 28.4 Å². The number of aromatic nitrogens is 4. The molecular formula is C26H43F3N8O5. The molecule has 1 N–H and O–H groups in total.